The quantitative estimate of drug-likeness (QED) is 0.565. The molecule has 0 saturated heterocycles. The van der Waals surface area contributed by atoms with E-state index < -0.39 is 0 Å². The van der Waals surface area contributed by atoms with Crippen molar-refractivity contribution in [2.24, 2.45) is 0 Å². The smallest absolute Gasteiger partial charge is 0.0285 e. The van der Waals surface area contributed by atoms with Gasteiger partial charge in [0, 0.05) is 4.86 Å². The van der Waals surface area contributed by atoms with Gasteiger partial charge in [-0.15, -0.1) is 0 Å². The Kier molecular flexibility index (Phi) is 3.46. The number of rotatable bonds is 2. The summed E-state index contributed by atoms with van der Waals surface area (Å²) in [4.78, 5) is 3.21. The maximum absolute atomic E-state index is 3.81. The van der Waals surface area contributed by atoms with Crippen LogP contribution < -0.4 is 4.86 Å². The summed E-state index contributed by atoms with van der Waals surface area (Å²) in [5, 5.41) is 0. The predicted molar refractivity (Wildman–Crippen MR) is 43.1 cm³/mol. The van der Waals surface area contributed by atoms with Gasteiger partial charge in [-0.1, -0.05) is 0 Å². The summed E-state index contributed by atoms with van der Waals surface area (Å²) in [5.41, 5.74) is 0. The van der Waals surface area contributed by atoms with Gasteiger partial charge in [-0.3, -0.25) is 0 Å². The lowest BCUT2D eigenvalue weighted by Gasteiger charge is -1.73. The third kappa shape index (κ3) is 6.30. The standard InChI is InChI=1S/C4H11NP2/c1-6(2)5-7(3)4/h5H,1,3H2,2,4H3/q+2. The van der Waals surface area contributed by atoms with Gasteiger partial charge in [-0.2, -0.15) is 0 Å². The first-order valence-electron chi connectivity index (χ1n) is 1.97. The van der Waals surface area contributed by atoms with Crippen molar-refractivity contribution in [1.29, 1.82) is 0 Å². The molecule has 0 spiro atoms. The minimum atomic E-state index is -0.174. The largest absolute Gasteiger partial charge is 0.215 e. The molecule has 7 heavy (non-hydrogen) atoms. The molecule has 1 nitrogen and oxygen atoms in total. The van der Waals surface area contributed by atoms with Crippen molar-refractivity contribution in [3.63, 3.8) is 0 Å². The average molecular weight is 135 g/mol. The maximum Gasteiger partial charge on any atom is 0.215 e. The molecule has 0 amide bonds. The van der Waals surface area contributed by atoms with Crippen LogP contribution in [0, 0.1) is 0 Å². The van der Waals surface area contributed by atoms with E-state index in [1.807, 2.05) is 0 Å². The summed E-state index contributed by atoms with van der Waals surface area (Å²) in [7, 11) is -0.347. The van der Waals surface area contributed by atoms with E-state index in [-0.39, 0.29) is 15.4 Å². The fourth-order valence-corrected chi connectivity index (χ4v) is 2.62. The molecule has 2 atom stereocenters. The van der Waals surface area contributed by atoms with Crippen molar-refractivity contribution in [2.75, 3.05) is 13.3 Å². The highest BCUT2D eigenvalue weighted by molar-refractivity contribution is 7.68. The summed E-state index contributed by atoms with van der Waals surface area (Å²) in [6, 6.07) is 0. The Morgan fingerprint density at radius 3 is 1.43 bits per heavy atom. The van der Waals surface area contributed by atoms with Gasteiger partial charge in [0.25, 0.3) is 0 Å². The topological polar surface area (TPSA) is 12.0 Å². The molecular weight excluding hydrogens is 124 g/mol. The van der Waals surface area contributed by atoms with Gasteiger partial charge in [-0.05, 0) is 0 Å². The van der Waals surface area contributed by atoms with Crippen molar-refractivity contribution in [1.82, 2.24) is 4.86 Å². The predicted octanol–water partition coefficient (Wildman–Crippen LogP) is 1.49. The first-order chi connectivity index (χ1) is 3.13. The zero-order valence-electron chi connectivity index (χ0n) is 4.81. The Morgan fingerprint density at radius 2 is 1.43 bits per heavy atom. The van der Waals surface area contributed by atoms with Crippen LogP contribution in [0.15, 0.2) is 0 Å². The van der Waals surface area contributed by atoms with E-state index in [0.717, 1.165) is 0 Å². The van der Waals surface area contributed by atoms with Crippen molar-refractivity contribution < 1.29 is 0 Å². The second-order valence-corrected chi connectivity index (χ2v) is 5.09. The van der Waals surface area contributed by atoms with Gasteiger partial charge >= 0.3 is 0 Å². The molecule has 0 aliphatic rings. The normalized spacial score (nSPS) is 13.4. The fourth-order valence-electron chi connectivity index (χ4n) is 0.291. The van der Waals surface area contributed by atoms with Gasteiger partial charge in [-0.25, -0.2) is 0 Å². The second kappa shape index (κ2) is 3.32. The van der Waals surface area contributed by atoms with E-state index in [1.54, 1.807) is 0 Å². The molecular formula is C4H11NP2+2. The lowest BCUT2D eigenvalue weighted by molar-refractivity contribution is 1.69. The van der Waals surface area contributed by atoms with E-state index >= 15 is 0 Å². The molecule has 0 radical (unpaired) electrons. The molecule has 0 saturated carbocycles. The Labute approximate surface area is 47.0 Å². The molecule has 0 fully saturated rings. The molecule has 0 aliphatic carbocycles. The Balaban J connectivity index is 3.32. The summed E-state index contributed by atoms with van der Waals surface area (Å²) >= 11 is 0. The van der Waals surface area contributed by atoms with Crippen LogP contribution in [0.1, 0.15) is 0 Å². The summed E-state index contributed by atoms with van der Waals surface area (Å²) in [6.07, 6.45) is 7.62. The molecule has 0 heterocycles. The lowest BCUT2D eigenvalue weighted by Crippen LogP contribution is -1.84. The maximum atomic E-state index is 3.81. The number of hydrogen-bond acceptors (Lipinski definition) is 1. The number of nitrogens with one attached hydrogen (secondary N) is 1. The van der Waals surface area contributed by atoms with Crippen LogP contribution in [0.25, 0.3) is 0 Å². The van der Waals surface area contributed by atoms with Crippen molar-refractivity contribution in [2.45, 2.75) is 0 Å². The van der Waals surface area contributed by atoms with Gasteiger partial charge in [0.2, 0.25) is 15.4 Å². The molecule has 0 aromatic heterocycles. The minimum Gasteiger partial charge on any atom is 0.0285 e. The molecule has 2 unspecified atom stereocenters. The van der Waals surface area contributed by atoms with Crippen LogP contribution in [0.3, 0.4) is 0 Å². The molecule has 1 N–H and O–H groups in total. The first-order valence-corrected chi connectivity index (χ1v) is 5.92. The summed E-state index contributed by atoms with van der Waals surface area (Å²) in [6.45, 7) is 4.17. The number of hydrogen-bond donors (Lipinski definition) is 1. The molecule has 40 valence electrons. The Bertz CT molecular complexity index is 85.9. The van der Waals surface area contributed by atoms with E-state index in [2.05, 4.69) is 30.8 Å². The van der Waals surface area contributed by atoms with E-state index in [0.29, 0.717) is 0 Å². The average Bonchev–Trinajstić information content (AvgIpc) is 1.27. The van der Waals surface area contributed by atoms with Crippen molar-refractivity contribution in [3.05, 3.63) is 0 Å². The summed E-state index contributed by atoms with van der Waals surface area (Å²) in [5.74, 6) is 0. The van der Waals surface area contributed by atoms with Crippen LogP contribution in [-0.4, -0.2) is 25.9 Å². The van der Waals surface area contributed by atoms with E-state index in [4.69, 9.17) is 0 Å². The van der Waals surface area contributed by atoms with Crippen LogP contribution in [0.5, 0.6) is 0 Å². The minimum absolute atomic E-state index is 0.174. The monoisotopic (exact) mass is 135 g/mol. The fraction of sp³-hybridized carbons (Fsp3) is 0.500. The highest BCUT2D eigenvalue weighted by atomic mass is 31.2. The first kappa shape index (κ1) is 7.30. The molecule has 0 aromatic carbocycles. The molecule has 0 rings (SSSR count). The van der Waals surface area contributed by atoms with E-state index in [9.17, 15) is 0 Å². The van der Waals surface area contributed by atoms with Gasteiger partial charge in [0.15, 0.2) is 0 Å². The molecule has 3 heteroatoms. The van der Waals surface area contributed by atoms with Gasteiger partial charge in [0.1, 0.15) is 13.3 Å². The van der Waals surface area contributed by atoms with Crippen LogP contribution in [0.2, 0.25) is 0 Å². The van der Waals surface area contributed by atoms with Crippen LogP contribution in [0.4, 0.5) is 0 Å². The van der Waals surface area contributed by atoms with Gasteiger partial charge in [0.05, 0.1) is 12.6 Å². The summed E-state index contributed by atoms with van der Waals surface area (Å²) < 4.78 is 0. The Hall–Kier alpha value is 0.300. The zero-order valence-corrected chi connectivity index (χ0v) is 6.60. The lowest BCUT2D eigenvalue weighted by atomic mass is 11.9. The third-order valence-corrected chi connectivity index (χ3v) is 3.07. The molecule has 0 bridgehead atoms. The second-order valence-electron chi connectivity index (χ2n) is 1.50. The van der Waals surface area contributed by atoms with E-state index in [1.165, 1.54) is 0 Å². The molecule has 0 aromatic rings. The van der Waals surface area contributed by atoms with Crippen LogP contribution >= 0.6 is 15.4 Å². The van der Waals surface area contributed by atoms with Gasteiger partial charge < -0.3 is 0 Å². The molecule has 0 aliphatic heterocycles. The van der Waals surface area contributed by atoms with Crippen molar-refractivity contribution >= 4 is 28.0 Å². The SMILES string of the molecule is C=[P+](C)N[P+](=C)C. The van der Waals surface area contributed by atoms with Crippen LogP contribution in [-0.2, 0) is 0 Å². The highest BCUT2D eigenvalue weighted by Gasteiger charge is 2.01. The highest BCUT2D eigenvalue weighted by Crippen LogP contribution is 2.18. The third-order valence-electron chi connectivity index (χ3n) is 0.341. The van der Waals surface area contributed by atoms with Crippen molar-refractivity contribution in [3.8, 4) is 0 Å². The zero-order chi connectivity index (χ0) is 5.86. The Morgan fingerprint density at radius 1 is 1.14 bits per heavy atom.